The van der Waals surface area contributed by atoms with Crippen LogP contribution < -0.4 is 10.2 Å². The van der Waals surface area contributed by atoms with Crippen LogP contribution in [0.5, 0.6) is 0 Å². The first kappa shape index (κ1) is 18.5. The lowest BCUT2D eigenvalue weighted by Gasteiger charge is -2.36. The first-order valence-corrected chi connectivity index (χ1v) is 8.73. The fraction of sp³-hybridized carbons (Fsp3) is 0.556. The van der Waals surface area contributed by atoms with E-state index >= 15 is 0 Å². The molecule has 1 aromatic rings. The van der Waals surface area contributed by atoms with E-state index in [4.69, 9.17) is 0 Å². The summed E-state index contributed by atoms with van der Waals surface area (Å²) in [5, 5.41) is 2.67. The molecule has 1 aliphatic carbocycles. The first-order valence-electron chi connectivity index (χ1n) is 8.73. The standard InChI is InChI=1S/C18H22F3N3O2/c1-12-9-15(12)17(26)22-11-16(25)24-7-5-23(6-8-24)14-4-2-3-13(10-14)18(19,20)21/h2-4,10,12,15H,5-9,11H2,1H3,(H,22,26)/t12-,15+/m0/s1. The van der Waals surface area contributed by atoms with Gasteiger partial charge in [0.05, 0.1) is 12.1 Å². The first-order chi connectivity index (χ1) is 12.3. The Kier molecular flexibility index (Phi) is 5.11. The van der Waals surface area contributed by atoms with Crippen molar-refractivity contribution in [1.82, 2.24) is 10.2 Å². The maximum absolute atomic E-state index is 12.8. The molecular formula is C18H22F3N3O2. The van der Waals surface area contributed by atoms with Crippen LogP contribution in [0.1, 0.15) is 18.9 Å². The van der Waals surface area contributed by atoms with Crippen LogP contribution in [0.4, 0.5) is 18.9 Å². The van der Waals surface area contributed by atoms with E-state index in [0.717, 1.165) is 18.6 Å². The number of nitrogens with one attached hydrogen (secondary N) is 1. The van der Waals surface area contributed by atoms with Gasteiger partial charge in [0.25, 0.3) is 0 Å². The third-order valence-electron chi connectivity index (χ3n) is 5.03. The summed E-state index contributed by atoms with van der Waals surface area (Å²) in [6.07, 6.45) is -3.50. The topological polar surface area (TPSA) is 52.7 Å². The molecule has 0 unspecified atom stereocenters. The summed E-state index contributed by atoms with van der Waals surface area (Å²) < 4.78 is 38.5. The Morgan fingerprint density at radius 2 is 1.85 bits per heavy atom. The minimum Gasteiger partial charge on any atom is -0.368 e. The van der Waals surface area contributed by atoms with E-state index in [2.05, 4.69) is 5.32 Å². The second-order valence-corrected chi connectivity index (χ2v) is 6.95. The number of hydrogen-bond donors (Lipinski definition) is 1. The van der Waals surface area contributed by atoms with E-state index in [0.29, 0.717) is 37.8 Å². The minimum absolute atomic E-state index is 0.0222. The number of hydrogen-bond acceptors (Lipinski definition) is 3. The van der Waals surface area contributed by atoms with Gasteiger partial charge in [-0.25, -0.2) is 0 Å². The number of benzene rings is 1. The van der Waals surface area contributed by atoms with Crippen molar-refractivity contribution >= 4 is 17.5 Å². The minimum atomic E-state index is -4.37. The van der Waals surface area contributed by atoms with Crippen LogP contribution in [0.3, 0.4) is 0 Å². The zero-order valence-corrected chi connectivity index (χ0v) is 14.6. The molecule has 2 fully saturated rings. The zero-order chi connectivity index (χ0) is 18.9. The Morgan fingerprint density at radius 3 is 2.42 bits per heavy atom. The average molecular weight is 369 g/mol. The predicted molar refractivity (Wildman–Crippen MR) is 90.5 cm³/mol. The van der Waals surface area contributed by atoms with Crippen LogP contribution >= 0.6 is 0 Å². The van der Waals surface area contributed by atoms with Gasteiger partial charge in [-0.3, -0.25) is 9.59 Å². The third-order valence-corrected chi connectivity index (χ3v) is 5.03. The Bertz CT molecular complexity index is 685. The van der Waals surface area contributed by atoms with Crippen molar-refractivity contribution in [1.29, 1.82) is 0 Å². The Balaban J connectivity index is 1.49. The highest BCUT2D eigenvalue weighted by atomic mass is 19.4. The van der Waals surface area contributed by atoms with Crippen LogP contribution in [-0.4, -0.2) is 49.4 Å². The summed E-state index contributed by atoms with van der Waals surface area (Å²) in [4.78, 5) is 27.4. The quantitative estimate of drug-likeness (QED) is 0.885. The number of rotatable bonds is 4. The molecule has 0 spiro atoms. The smallest absolute Gasteiger partial charge is 0.368 e. The number of alkyl halides is 3. The number of carbonyl (C=O) groups excluding carboxylic acids is 2. The fourth-order valence-corrected chi connectivity index (χ4v) is 3.19. The molecule has 2 aliphatic rings. The summed E-state index contributed by atoms with van der Waals surface area (Å²) in [6.45, 7) is 3.74. The fourth-order valence-electron chi connectivity index (χ4n) is 3.19. The molecule has 1 aromatic carbocycles. The molecule has 0 aromatic heterocycles. The van der Waals surface area contributed by atoms with E-state index in [1.807, 2.05) is 11.8 Å². The van der Waals surface area contributed by atoms with Crippen LogP contribution in [0.25, 0.3) is 0 Å². The molecule has 1 N–H and O–H groups in total. The molecule has 0 bridgehead atoms. The summed E-state index contributed by atoms with van der Waals surface area (Å²) in [7, 11) is 0. The second-order valence-electron chi connectivity index (χ2n) is 6.95. The molecule has 1 saturated carbocycles. The molecule has 1 heterocycles. The van der Waals surface area contributed by atoms with Crippen molar-refractivity contribution in [2.24, 2.45) is 11.8 Å². The molecule has 2 amide bonds. The number of carbonyl (C=O) groups is 2. The normalized spacial score (nSPS) is 22.9. The highest BCUT2D eigenvalue weighted by molar-refractivity contribution is 5.87. The van der Waals surface area contributed by atoms with Gasteiger partial charge in [0.1, 0.15) is 0 Å². The number of piperazine rings is 1. The molecule has 1 saturated heterocycles. The number of halogens is 3. The van der Waals surface area contributed by atoms with Gasteiger partial charge in [0, 0.05) is 37.8 Å². The van der Waals surface area contributed by atoms with E-state index < -0.39 is 11.7 Å². The largest absolute Gasteiger partial charge is 0.416 e. The molecule has 2 atom stereocenters. The molecule has 3 rings (SSSR count). The molecular weight excluding hydrogens is 347 g/mol. The Hall–Kier alpha value is -2.25. The molecule has 142 valence electrons. The highest BCUT2D eigenvalue weighted by Gasteiger charge is 2.39. The lowest BCUT2D eigenvalue weighted by atomic mass is 10.1. The Labute approximate surface area is 150 Å². The summed E-state index contributed by atoms with van der Waals surface area (Å²) >= 11 is 0. The molecule has 8 heteroatoms. The van der Waals surface area contributed by atoms with Crippen LogP contribution in [-0.2, 0) is 15.8 Å². The van der Waals surface area contributed by atoms with Gasteiger partial charge >= 0.3 is 6.18 Å². The van der Waals surface area contributed by atoms with Crippen LogP contribution in [0.2, 0.25) is 0 Å². The zero-order valence-electron chi connectivity index (χ0n) is 14.6. The monoisotopic (exact) mass is 369 g/mol. The van der Waals surface area contributed by atoms with Gasteiger partial charge in [-0.05, 0) is 30.5 Å². The maximum atomic E-state index is 12.8. The average Bonchev–Trinajstić information content (AvgIpc) is 3.36. The van der Waals surface area contributed by atoms with Gasteiger partial charge in [0.15, 0.2) is 0 Å². The van der Waals surface area contributed by atoms with E-state index in [1.54, 1.807) is 11.0 Å². The molecule has 1 aliphatic heterocycles. The molecule has 26 heavy (non-hydrogen) atoms. The van der Waals surface area contributed by atoms with Crippen molar-refractivity contribution in [2.45, 2.75) is 19.5 Å². The third kappa shape index (κ3) is 4.28. The van der Waals surface area contributed by atoms with Crippen molar-refractivity contribution in [2.75, 3.05) is 37.6 Å². The van der Waals surface area contributed by atoms with E-state index in [9.17, 15) is 22.8 Å². The SMILES string of the molecule is C[C@H]1C[C@H]1C(=O)NCC(=O)N1CCN(c2cccc(C(F)(F)F)c2)CC1. The van der Waals surface area contributed by atoms with Crippen LogP contribution in [0, 0.1) is 11.8 Å². The van der Waals surface area contributed by atoms with Gasteiger partial charge in [-0.2, -0.15) is 13.2 Å². The number of nitrogens with zero attached hydrogens (tertiary/aromatic N) is 2. The predicted octanol–water partition coefficient (Wildman–Crippen LogP) is 2.13. The van der Waals surface area contributed by atoms with Crippen LogP contribution in [0.15, 0.2) is 24.3 Å². The van der Waals surface area contributed by atoms with E-state index in [1.165, 1.54) is 6.07 Å². The number of amides is 2. The second kappa shape index (κ2) is 7.17. The van der Waals surface area contributed by atoms with Crippen molar-refractivity contribution in [3.63, 3.8) is 0 Å². The summed E-state index contributed by atoms with van der Waals surface area (Å²) in [5.74, 6) is 0.186. The summed E-state index contributed by atoms with van der Waals surface area (Å²) in [6, 6.07) is 5.22. The van der Waals surface area contributed by atoms with Crippen molar-refractivity contribution in [3.05, 3.63) is 29.8 Å². The van der Waals surface area contributed by atoms with Crippen molar-refractivity contribution < 1.29 is 22.8 Å². The lowest BCUT2D eigenvalue weighted by molar-refractivity contribution is -0.137. The maximum Gasteiger partial charge on any atom is 0.416 e. The van der Waals surface area contributed by atoms with Gasteiger partial charge in [0.2, 0.25) is 11.8 Å². The van der Waals surface area contributed by atoms with E-state index in [-0.39, 0.29) is 24.3 Å². The van der Waals surface area contributed by atoms with Gasteiger partial charge in [-0.15, -0.1) is 0 Å². The summed E-state index contributed by atoms with van der Waals surface area (Å²) in [5.41, 5.74) is -0.173. The van der Waals surface area contributed by atoms with Crippen molar-refractivity contribution in [3.8, 4) is 0 Å². The highest BCUT2D eigenvalue weighted by Crippen LogP contribution is 2.37. The molecule has 5 nitrogen and oxygen atoms in total. The Morgan fingerprint density at radius 1 is 1.19 bits per heavy atom. The van der Waals surface area contributed by atoms with Gasteiger partial charge < -0.3 is 15.1 Å². The lowest BCUT2D eigenvalue weighted by Crippen LogP contribution is -2.51. The van der Waals surface area contributed by atoms with Gasteiger partial charge in [-0.1, -0.05) is 13.0 Å². The number of anilines is 1. The molecule has 0 radical (unpaired) electrons.